The van der Waals surface area contributed by atoms with E-state index in [-0.39, 0.29) is 0 Å². The molecule has 0 bridgehead atoms. The zero-order chi connectivity index (χ0) is 11.9. The molecule has 1 spiro atoms. The maximum Gasteiger partial charge on any atom is 0.192 e. The van der Waals surface area contributed by atoms with Gasteiger partial charge in [-0.1, -0.05) is 32.6 Å². The fourth-order valence-electron chi connectivity index (χ4n) is 4.28. The molecule has 17 heavy (non-hydrogen) atoms. The zero-order valence-corrected chi connectivity index (χ0v) is 11.0. The second-order valence-electron chi connectivity index (χ2n) is 6.43. The summed E-state index contributed by atoms with van der Waals surface area (Å²) in [6.07, 6.45) is 10.8. The standard InChI is InChI=1S/C14H25N3/c1-11-8-14(9-11)10-16-13(15)17(14)12-6-4-2-3-5-7-12/h11-12H,2-10H2,1H3,(H2,15,16). The van der Waals surface area contributed by atoms with Crippen molar-refractivity contribution >= 4 is 5.96 Å². The third-order valence-corrected chi connectivity index (χ3v) is 4.94. The predicted molar refractivity (Wildman–Crippen MR) is 70.9 cm³/mol. The second-order valence-corrected chi connectivity index (χ2v) is 6.43. The van der Waals surface area contributed by atoms with Gasteiger partial charge >= 0.3 is 0 Å². The number of aliphatic imine (C=N–C) groups is 1. The van der Waals surface area contributed by atoms with Crippen LogP contribution in [0.1, 0.15) is 58.3 Å². The van der Waals surface area contributed by atoms with Crippen molar-refractivity contribution in [3.63, 3.8) is 0 Å². The molecule has 3 heteroatoms. The molecule has 0 amide bonds. The van der Waals surface area contributed by atoms with Gasteiger partial charge in [-0.2, -0.15) is 0 Å². The van der Waals surface area contributed by atoms with E-state index in [1.165, 1.54) is 51.4 Å². The van der Waals surface area contributed by atoms with Crippen molar-refractivity contribution in [3.8, 4) is 0 Å². The molecule has 2 aliphatic carbocycles. The van der Waals surface area contributed by atoms with Crippen LogP contribution in [0.2, 0.25) is 0 Å². The first kappa shape index (κ1) is 11.4. The first-order chi connectivity index (χ1) is 8.21. The van der Waals surface area contributed by atoms with E-state index >= 15 is 0 Å². The van der Waals surface area contributed by atoms with E-state index in [1.54, 1.807) is 0 Å². The molecule has 2 fully saturated rings. The van der Waals surface area contributed by atoms with Crippen molar-refractivity contribution in [2.24, 2.45) is 16.6 Å². The van der Waals surface area contributed by atoms with Gasteiger partial charge in [0.05, 0.1) is 12.1 Å². The summed E-state index contributed by atoms with van der Waals surface area (Å²) in [5.41, 5.74) is 6.50. The topological polar surface area (TPSA) is 41.6 Å². The van der Waals surface area contributed by atoms with E-state index < -0.39 is 0 Å². The molecule has 96 valence electrons. The van der Waals surface area contributed by atoms with Gasteiger partial charge in [-0.25, -0.2) is 0 Å². The normalized spacial score (nSPS) is 39.0. The molecule has 1 aliphatic heterocycles. The average molecular weight is 235 g/mol. The lowest BCUT2D eigenvalue weighted by atomic mass is 9.68. The van der Waals surface area contributed by atoms with Gasteiger partial charge in [0.1, 0.15) is 0 Å². The Morgan fingerprint density at radius 1 is 1.18 bits per heavy atom. The lowest BCUT2D eigenvalue weighted by Gasteiger charge is -2.52. The maximum absolute atomic E-state index is 6.17. The van der Waals surface area contributed by atoms with Crippen LogP contribution in [0.15, 0.2) is 4.99 Å². The molecule has 0 aromatic carbocycles. The van der Waals surface area contributed by atoms with Gasteiger partial charge in [0, 0.05) is 6.04 Å². The van der Waals surface area contributed by atoms with Crippen LogP contribution >= 0.6 is 0 Å². The molecule has 2 saturated carbocycles. The summed E-state index contributed by atoms with van der Waals surface area (Å²) in [5.74, 6) is 1.70. The van der Waals surface area contributed by atoms with Crippen LogP contribution in [-0.4, -0.2) is 29.0 Å². The Morgan fingerprint density at radius 2 is 1.82 bits per heavy atom. The van der Waals surface area contributed by atoms with Gasteiger partial charge in [0.2, 0.25) is 0 Å². The molecule has 0 aromatic rings. The molecule has 0 saturated heterocycles. The zero-order valence-electron chi connectivity index (χ0n) is 11.0. The average Bonchev–Trinajstić information content (AvgIpc) is 2.50. The van der Waals surface area contributed by atoms with E-state index in [0.29, 0.717) is 11.6 Å². The van der Waals surface area contributed by atoms with E-state index in [9.17, 15) is 0 Å². The molecule has 0 aromatic heterocycles. The summed E-state index contributed by atoms with van der Waals surface area (Å²) in [6, 6.07) is 0.677. The summed E-state index contributed by atoms with van der Waals surface area (Å²) in [4.78, 5) is 7.08. The van der Waals surface area contributed by atoms with Crippen LogP contribution in [0.4, 0.5) is 0 Å². The maximum atomic E-state index is 6.17. The minimum Gasteiger partial charge on any atom is -0.370 e. The SMILES string of the molecule is CC1CC2(CN=C(N)N2C2CCCCCC2)C1. The highest BCUT2D eigenvalue weighted by Crippen LogP contribution is 2.47. The van der Waals surface area contributed by atoms with Gasteiger partial charge in [-0.15, -0.1) is 0 Å². The van der Waals surface area contributed by atoms with Crippen LogP contribution in [0.25, 0.3) is 0 Å². The fourth-order valence-corrected chi connectivity index (χ4v) is 4.28. The van der Waals surface area contributed by atoms with Crippen molar-refractivity contribution in [2.45, 2.75) is 69.9 Å². The van der Waals surface area contributed by atoms with Gasteiger partial charge in [0.15, 0.2) is 5.96 Å². The van der Waals surface area contributed by atoms with Crippen molar-refractivity contribution in [2.75, 3.05) is 6.54 Å². The quantitative estimate of drug-likeness (QED) is 0.710. The van der Waals surface area contributed by atoms with Crippen LogP contribution in [0.3, 0.4) is 0 Å². The Labute approximate surface area is 104 Å². The van der Waals surface area contributed by atoms with Crippen LogP contribution in [0, 0.1) is 5.92 Å². The molecular formula is C14H25N3. The smallest absolute Gasteiger partial charge is 0.192 e. The minimum absolute atomic E-state index is 0.332. The van der Waals surface area contributed by atoms with E-state index in [0.717, 1.165) is 18.4 Å². The van der Waals surface area contributed by atoms with Crippen molar-refractivity contribution in [1.82, 2.24) is 4.90 Å². The Kier molecular flexibility index (Phi) is 2.80. The summed E-state index contributed by atoms with van der Waals surface area (Å²) < 4.78 is 0. The van der Waals surface area contributed by atoms with Gasteiger partial charge < -0.3 is 10.6 Å². The predicted octanol–water partition coefficient (Wildman–Crippen LogP) is 2.51. The molecule has 3 rings (SSSR count). The highest BCUT2D eigenvalue weighted by molar-refractivity contribution is 5.81. The molecule has 0 atom stereocenters. The molecule has 0 unspecified atom stereocenters. The molecule has 0 radical (unpaired) electrons. The van der Waals surface area contributed by atoms with Crippen molar-refractivity contribution < 1.29 is 0 Å². The summed E-state index contributed by atoms with van der Waals surface area (Å²) in [6.45, 7) is 3.31. The first-order valence-corrected chi connectivity index (χ1v) is 7.30. The largest absolute Gasteiger partial charge is 0.370 e. The lowest BCUT2D eigenvalue weighted by molar-refractivity contribution is 0.0206. The van der Waals surface area contributed by atoms with Crippen molar-refractivity contribution in [1.29, 1.82) is 0 Å². The number of hydrogen-bond acceptors (Lipinski definition) is 3. The summed E-state index contributed by atoms with van der Waals surface area (Å²) in [7, 11) is 0. The van der Waals surface area contributed by atoms with Gasteiger partial charge in [0.25, 0.3) is 0 Å². The lowest BCUT2D eigenvalue weighted by Crippen LogP contribution is -2.62. The molecule has 3 nitrogen and oxygen atoms in total. The Balaban J connectivity index is 1.76. The molecular weight excluding hydrogens is 210 g/mol. The first-order valence-electron chi connectivity index (χ1n) is 7.30. The number of rotatable bonds is 1. The number of nitrogens with two attached hydrogens (primary N) is 1. The highest BCUT2D eigenvalue weighted by Gasteiger charge is 2.52. The highest BCUT2D eigenvalue weighted by atomic mass is 15.4. The number of guanidine groups is 1. The van der Waals surface area contributed by atoms with Gasteiger partial charge in [-0.05, 0) is 31.6 Å². The monoisotopic (exact) mass is 235 g/mol. The minimum atomic E-state index is 0.332. The van der Waals surface area contributed by atoms with Crippen LogP contribution in [-0.2, 0) is 0 Å². The van der Waals surface area contributed by atoms with E-state index in [4.69, 9.17) is 5.73 Å². The molecule has 2 N–H and O–H groups in total. The number of hydrogen-bond donors (Lipinski definition) is 1. The third-order valence-electron chi connectivity index (χ3n) is 4.94. The summed E-state index contributed by atoms with van der Waals surface area (Å²) in [5, 5.41) is 0. The van der Waals surface area contributed by atoms with Crippen LogP contribution in [0.5, 0.6) is 0 Å². The van der Waals surface area contributed by atoms with E-state index in [1.807, 2.05) is 0 Å². The van der Waals surface area contributed by atoms with Crippen molar-refractivity contribution in [3.05, 3.63) is 0 Å². The molecule has 3 aliphatic rings. The Bertz CT molecular complexity index is 309. The summed E-state index contributed by atoms with van der Waals surface area (Å²) >= 11 is 0. The Hall–Kier alpha value is -0.730. The van der Waals surface area contributed by atoms with Crippen LogP contribution < -0.4 is 5.73 Å². The molecule has 1 heterocycles. The number of nitrogens with zero attached hydrogens (tertiary/aromatic N) is 2. The third kappa shape index (κ3) is 1.84. The Morgan fingerprint density at radius 3 is 2.41 bits per heavy atom. The fraction of sp³-hybridized carbons (Fsp3) is 0.929. The second kappa shape index (κ2) is 4.18. The van der Waals surface area contributed by atoms with E-state index in [2.05, 4.69) is 16.8 Å². The van der Waals surface area contributed by atoms with Gasteiger partial charge in [-0.3, -0.25) is 4.99 Å².